The van der Waals surface area contributed by atoms with Gasteiger partial charge in [-0.3, -0.25) is 4.79 Å². The maximum Gasteiger partial charge on any atom is 0.233 e. The number of amides is 1. The molecule has 5 heteroatoms. The fraction of sp³-hybridized carbons (Fsp3) is 0.917. The Kier molecular flexibility index (Phi) is 6.01. The highest BCUT2D eigenvalue weighted by molar-refractivity contribution is 8.07. The van der Waals surface area contributed by atoms with Crippen LogP contribution < -0.4 is 10.6 Å². The summed E-state index contributed by atoms with van der Waals surface area (Å²) in [5.74, 6) is 4.32. The molecule has 0 aliphatic carbocycles. The number of hydrogen-bond acceptors (Lipinski definition) is 4. The van der Waals surface area contributed by atoms with Gasteiger partial charge in [-0.1, -0.05) is 0 Å². The number of piperidine rings is 1. The molecule has 0 bridgehead atoms. The molecule has 1 amide bonds. The van der Waals surface area contributed by atoms with Crippen LogP contribution in [0.2, 0.25) is 0 Å². The van der Waals surface area contributed by atoms with Crippen LogP contribution >= 0.6 is 23.5 Å². The van der Waals surface area contributed by atoms with Gasteiger partial charge < -0.3 is 10.6 Å². The smallest absolute Gasteiger partial charge is 0.233 e. The first-order valence-corrected chi connectivity index (χ1v) is 8.74. The fourth-order valence-electron chi connectivity index (χ4n) is 2.32. The van der Waals surface area contributed by atoms with Gasteiger partial charge in [0.1, 0.15) is 0 Å². The Morgan fingerprint density at radius 2 is 2.35 bits per heavy atom. The standard InChI is InChI=1S/C12H22N2OS2/c15-12(11-9-16-6-7-17-11)14-5-3-10-2-1-4-13-8-10/h10-11,13H,1-9H2,(H,14,15). The van der Waals surface area contributed by atoms with Crippen molar-refractivity contribution in [2.75, 3.05) is 36.9 Å². The van der Waals surface area contributed by atoms with Gasteiger partial charge in [-0.05, 0) is 38.3 Å². The molecule has 0 aromatic heterocycles. The average Bonchev–Trinajstić information content (AvgIpc) is 2.41. The van der Waals surface area contributed by atoms with Crippen molar-refractivity contribution in [3.8, 4) is 0 Å². The molecular formula is C12H22N2OS2. The van der Waals surface area contributed by atoms with Crippen molar-refractivity contribution in [2.45, 2.75) is 24.5 Å². The first-order chi connectivity index (χ1) is 8.36. The predicted octanol–water partition coefficient (Wildman–Crippen LogP) is 1.34. The molecule has 2 saturated heterocycles. The molecule has 17 heavy (non-hydrogen) atoms. The van der Waals surface area contributed by atoms with E-state index in [1.165, 1.54) is 25.1 Å². The molecule has 2 aliphatic heterocycles. The zero-order valence-electron chi connectivity index (χ0n) is 10.2. The Morgan fingerprint density at radius 1 is 1.41 bits per heavy atom. The summed E-state index contributed by atoms with van der Waals surface area (Å²) in [5.41, 5.74) is 0. The van der Waals surface area contributed by atoms with E-state index in [1.54, 1.807) is 0 Å². The Labute approximate surface area is 112 Å². The first kappa shape index (κ1) is 13.6. The van der Waals surface area contributed by atoms with Crippen LogP contribution in [0.3, 0.4) is 0 Å². The van der Waals surface area contributed by atoms with Gasteiger partial charge >= 0.3 is 0 Å². The minimum atomic E-state index is 0.193. The van der Waals surface area contributed by atoms with Crippen LogP contribution in [0.4, 0.5) is 0 Å². The minimum absolute atomic E-state index is 0.193. The first-order valence-electron chi connectivity index (χ1n) is 6.54. The van der Waals surface area contributed by atoms with E-state index < -0.39 is 0 Å². The van der Waals surface area contributed by atoms with E-state index in [9.17, 15) is 4.79 Å². The molecule has 0 radical (unpaired) electrons. The highest BCUT2D eigenvalue weighted by Gasteiger charge is 2.22. The lowest BCUT2D eigenvalue weighted by Crippen LogP contribution is -2.38. The summed E-state index contributed by atoms with van der Waals surface area (Å²) in [4.78, 5) is 11.9. The molecule has 0 aromatic carbocycles. The van der Waals surface area contributed by atoms with E-state index in [-0.39, 0.29) is 11.2 Å². The minimum Gasteiger partial charge on any atom is -0.355 e. The van der Waals surface area contributed by atoms with Gasteiger partial charge in [0.05, 0.1) is 5.25 Å². The summed E-state index contributed by atoms with van der Waals surface area (Å²) in [5, 5.41) is 6.71. The number of carbonyl (C=O) groups excluding carboxylic acids is 1. The van der Waals surface area contributed by atoms with Crippen LogP contribution in [0.5, 0.6) is 0 Å². The number of carbonyl (C=O) groups is 1. The van der Waals surface area contributed by atoms with Crippen LogP contribution in [0, 0.1) is 5.92 Å². The molecule has 2 atom stereocenters. The lowest BCUT2D eigenvalue weighted by molar-refractivity contribution is -0.120. The van der Waals surface area contributed by atoms with E-state index in [0.29, 0.717) is 0 Å². The lowest BCUT2D eigenvalue weighted by atomic mass is 9.96. The lowest BCUT2D eigenvalue weighted by Gasteiger charge is -2.24. The molecule has 2 fully saturated rings. The topological polar surface area (TPSA) is 41.1 Å². The number of rotatable bonds is 4. The Morgan fingerprint density at radius 3 is 3.06 bits per heavy atom. The summed E-state index contributed by atoms with van der Waals surface area (Å²) >= 11 is 3.71. The molecule has 98 valence electrons. The van der Waals surface area contributed by atoms with Gasteiger partial charge in [0.15, 0.2) is 0 Å². The second kappa shape index (κ2) is 7.54. The van der Waals surface area contributed by atoms with Gasteiger partial charge in [-0.15, -0.1) is 11.8 Å². The molecule has 2 aliphatic rings. The third-order valence-corrected chi connectivity index (χ3v) is 6.11. The summed E-state index contributed by atoms with van der Waals surface area (Å²) in [7, 11) is 0. The van der Waals surface area contributed by atoms with Crippen LogP contribution in [-0.4, -0.2) is 48.0 Å². The SMILES string of the molecule is O=C(NCCC1CCCNC1)C1CSCCS1. The van der Waals surface area contributed by atoms with Crippen molar-refractivity contribution in [3.05, 3.63) is 0 Å². The zero-order chi connectivity index (χ0) is 11.9. The molecule has 0 spiro atoms. The third kappa shape index (κ3) is 4.72. The quantitative estimate of drug-likeness (QED) is 0.812. The maximum atomic E-state index is 11.9. The number of thioether (sulfide) groups is 2. The highest BCUT2D eigenvalue weighted by atomic mass is 32.2. The van der Waals surface area contributed by atoms with Crippen molar-refractivity contribution in [2.24, 2.45) is 5.92 Å². The maximum absolute atomic E-state index is 11.9. The summed E-state index contributed by atoms with van der Waals surface area (Å²) in [6, 6.07) is 0. The normalized spacial score (nSPS) is 29.9. The van der Waals surface area contributed by atoms with E-state index in [1.807, 2.05) is 23.5 Å². The summed E-state index contributed by atoms with van der Waals surface area (Å²) in [6.07, 6.45) is 3.73. The van der Waals surface area contributed by atoms with Gasteiger partial charge in [0.2, 0.25) is 5.91 Å². The van der Waals surface area contributed by atoms with Crippen LogP contribution in [-0.2, 0) is 4.79 Å². The summed E-state index contributed by atoms with van der Waals surface area (Å²) < 4.78 is 0. The average molecular weight is 274 g/mol. The number of nitrogens with one attached hydrogen (secondary N) is 2. The Bertz CT molecular complexity index is 239. The van der Waals surface area contributed by atoms with Crippen molar-refractivity contribution in [1.82, 2.24) is 10.6 Å². The van der Waals surface area contributed by atoms with Crippen molar-refractivity contribution < 1.29 is 4.79 Å². The zero-order valence-corrected chi connectivity index (χ0v) is 11.9. The molecule has 0 saturated carbocycles. The molecule has 2 rings (SSSR count). The van der Waals surface area contributed by atoms with Gasteiger partial charge in [0, 0.05) is 23.8 Å². The van der Waals surface area contributed by atoms with Crippen LogP contribution in [0.1, 0.15) is 19.3 Å². The summed E-state index contributed by atoms with van der Waals surface area (Å²) in [6.45, 7) is 3.15. The van der Waals surface area contributed by atoms with Crippen molar-refractivity contribution >= 4 is 29.4 Å². The molecular weight excluding hydrogens is 252 g/mol. The molecule has 2 N–H and O–H groups in total. The van der Waals surface area contributed by atoms with E-state index in [0.717, 1.165) is 36.9 Å². The molecule has 2 heterocycles. The van der Waals surface area contributed by atoms with Gasteiger partial charge in [-0.25, -0.2) is 0 Å². The monoisotopic (exact) mass is 274 g/mol. The van der Waals surface area contributed by atoms with E-state index >= 15 is 0 Å². The molecule has 2 unspecified atom stereocenters. The second-order valence-electron chi connectivity index (χ2n) is 4.73. The van der Waals surface area contributed by atoms with Crippen molar-refractivity contribution in [3.63, 3.8) is 0 Å². The van der Waals surface area contributed by atoms with Crippen molar-refractivity contribution in [1.29, 1.82) is 0 Å². The molecule has 3 nitrogen and oxygen atoms in total. The van der Waals surface area contributed by atoms with Gasteiger partial charge in [0.25, 0.3) is 0 Å². The van der Waals surface area contributed by atoms with Gasteiger partial charge in [-0.2, -0.15) is 11.8 Å². The highest BCUT2D eigenvalue weighted by Crippen LogP contribution is 2.24. The Balaban J connectivity index is 1.58. The predicted molar refractivity (Wildman–Crippen MR) is 76.8 cm³/mol. The van der Waals surface area contributed by atoms with Crippen LogP contribution in [0.25, 0.3) is 0 Å². The third-order valence-electron chi connectivity index (χ3n) is 3.36. The largest absolute Gasteiger partial charge is 0.355 e. The van der Waals surface area contributed by atoms with E-state index in [2.05, 4.69) is 10.6 Å². The number of hydrogen-bond donors (Lipinski definition) is 2. The molecule has 0 aromatic rings. The van der Waals surface area contributed by atoms with E-state index in [4.69, 9.17) is 0 Å². The fourth-order valence-corrected chi connectivity index (χ4v) is 4.90. The van der Waals surface area contributed by atoms with Crippen LogP contribution in [0.15, 0.2) is 0 Å². The Hall–Kier alpha value is 0.130. The second-order valence-corrected chi connectivity index (χ2v) is 7.19.